The second-order valence-corrected chi connectivity index (χ2v) is 8.34. The largest absolute Gasteiger partial charge is 0.480 e. The molecule has 0 aliphatic carbocycles. The number of nitrogens with zero attached hydrogens (tertiary/aromatic N) is 1. The van der Waals surface area contributed by atoms with Crippen LogP contribution < -0.4 is 15.4 Å². The van der Waals surface area contributed by atoms with E-state index in [9.17, 15) is 19.5 Å². The van der Waals surface area contributed by atoms with Crippen molar-refractivity contribution in [3.05, 3.63) is 64.7 Å². The molecule has 2 aromatic rings. The van der Waals surface area contributed by atoms with Crippen molar-refractivity contribution >= 4 is 29.6 Å². The molecular weight excluding hydrogens is 434 g/mol. The van der Waals surface area contributed by atoms with Gasteiger partial charge in [-0.1, -0.05) is 35.9 Å². The second kappa shape index (κ2) is 10.5. The first-order chi connectivity index (χ1) is 15.2. The summed E-state index contributed by atoms with van der Waals surface area (Å²) in [6, 6.07) is 12.2. The summed E-state index contributed by atoms with van der Waals surface area (Å²) < 4.78 is 5.45. The number of piperazine rings is 1. The predicted molar refractivity (Wildman–Crippen MR) is 120 cm³/mol. The molecule has 32 heavy (non-hydrogen) atoms. The van der Waals surface area contributed by atoms with Gasteiger partial charge in [-0.15, -0.1) is 0 Å². The van der Waals surface area contributed by atoms with Crippen molar-refractivity contribution in [3.8, 4) is 5.75 Å². The van der Waals surface area contributed by atoms with Gasteiger partial charge < -0.3 is 25.4 Å². The minimum atomic E-state index is -1.16. The van der Waals surface area contributed by atoms with Gasteiger partial charge in [0.2, 0.25) is 0 Å². The number of carboxylic acids is 1. The fourth-order valence-corrected chi connectivity index (χ4v) is 3.87. The average Bonchev–Trinajstić information content (AvgIpc) is 2.74. The van der Waals surface area contributed by atoms with Gasteiger partial charge in [-0.3, -0.25) is 4.79 Å². The van der Waals surface area contributed by atoms with Crippen LogP contribution in [0.4, 0.5) is 4.79 Å². The smallest absolute Gasteiger partial charge is 0.415 e. The highest BCUT2D eigenvalue weighted by Gasteiger charge is 2.26. The molecule has 9 heteroatoms. The zero-order valence-electron chi connectivity index (χ0n) is 17.9. The molecule has 1 saturated heterocycles. The third kappa shape index (κ3) is 6.21. The lowest BCUT2D eigenvalue weighted by Crippen LogP contribution is -2.56. The van der Waals surface area contributed by atoms with Crippen LogP contribution in [-0.4, -0.2) is 59.2 Å². The van der Waals surface area contributed by atoms with Crippen LogP contribution in [0.1, 0.15) is 29.8 Å². The highest BCUT2D eigenvalue weighted by atomic mass is 35.5. The monoisotopic (exact) mass is 459 g/mol. The molecule has 0 bridgehead atoms. The van der Waals surface area contributed by atoms with Crippen LogP contribution in [0.25, 0.3) is 0 Å². The van der Waals surface area contributed by atoms with Crippen LogP contribution in [-0.2, 0) is 11.2 Å². The number of nitrogens with one attached hydrogen (secondary N) is 2. The van der Waals surface area contributed by atoms with Gasteiger partial charge in [-0.25, -0.2) is 9.59 Å². The first-order valence-electron chi connectivity index (χ1n) is 10.3. The average molecular weight is 460 g/mol. The Bertz CT molecular complexity index is 972. The predicted octanol–water partition coefficient (Wildman–Crippen LogP) is 2.95. The maximum absolute atomic E-state index is 12.4. The van der Waals surface area contributed by atoms with Crippen LogP contribution in [0.3, 0.4) is 0 Å². The van der Waals surface area contributed by atoms with Crippen molar-refractivity contribution in [1.82, 2.24) is 15.5 Å². The normalized spacial score (nSPS) is 19.2. The molecule has 0 aromatic heterocycles. The van der Waals surface area contributed by atoms with E-state index in [1.807, 2.05) is 13.8 Å². The van der Waals surface area contributed by atoms with Gasteiger partial charge in [0.05, 0.1) is 10.6 Å². The van der Waals surface area contributed by atoms with E-state index in [4.69, 9.17) is 16.3 Å². The maximum atomic E-state index is 12.4. The number of amides is 2. The molecule has 2 aromatic carbocycles. The first kappa shape index (κ1) is 23.6. The fraction of sp³-hybridized carbons (Fsp3) is 0.348. The van der Waals surface area contributed by atoms with Crippen molar-refractivity contribution in [2.75, 3.05) is 13.1 Å². The summed E-state index contributed by atoms with van der Waals surface area (Å²) in [6.07, 6.45) is -0.361. The third-order valence-electron chi connectivity index (χ3n) is 5.11. The number of rotatable bonds is 6. The van der Waals surface area contributed by atoms with E-state index in [-0.39, 0.29) is 29.1 Å². The van der Waals surface area contributed by atoms with Crippen molar-refractivity contribution in [2.45, 2.75) is 38.4 Å². The number of ether oxygens (including phenoxy) is 1. The Morgan fingerprint density at radius 2 is 1.75 bits per heavy atom. The molecule has 0 saturated carbocycles. The lowest BCUT2D eigenvalue weighted by molar-refractivity contribution is -0.139. The van der Waals surface area contributed by atoms with Crippen molar-refractivity contribution in [2.24, 2.45) is 0 Å². The number of halogens is 1. The minimum absolute atomic E-state index is 0.0621. The Labute approximate surface area is 191 Å². The molecule has 1 aliphatic heterocycles. The van der Waals surface area contributed by atoms with Crippen molar-refractivity contribution in [3.63, 3.8) is 0 Å². The number of hydrogen-bond donors (Lipinski definition) is 3. The molecule has 1 fully saturated rings. The molecule has 8 nitrogen and oxygen atoms in total. The molecule has 0 spiro atoms. The van der Waals surface area contributed by atoms with Gasteiger partial charge in [0, 0.05) is 31.6 Å². The number of carboxylic acid groups (broad SMARTS) is 1. The lowest BCUT2D eigenvalue weighted by Gasteiger charge is -2.35. The number of benzene rings is 2. The Balaban J connectivity index is 1.60. The highest BCUT2D eigenvalue weighted by molar-refractivity contribution is 6.33. The zero-order valence-corrected chi connectivity index (χ0v) is 18.6. The zero-order chi connectivity index (χ0) is 23.3. The molecule has 1 heterocycles. The molecular formula is C23H26ClN3O5. The van der Waals surface area contributed by atoms with Crippen molar-refractivity contribution < 1.29 is 24.2 Å². The van der Waals surface area contributed by atoms with Crippen LogP contribution in [0.2, 0.25) is 5.02 Å². The number of hydrogen-bond acceptors (Lipinski definition) is 5. The highest BCUT2D eigenvalue weighted by Crippen LogP contribution is 2.17. The summed E-state index contributed by atoms with van der Waals surface area (Å²) in [6.45, 7) is 5.14. The Kier molecular flexibility index (Phi) is 7.71. The molecule has 2 amide bonds. The Hall–Kier alpha value is -3.10. The van der Waals surface area contributed by atoms with Crippen LogP contribution in [0, 0.1) is 0 Å². The fourth-order valence-electron chi connectivity index (χ4n) is 3.65. The van der Waals surface area contributed by atoms with Gasteiger partial charge in [0.15, 0.2) is 0 Å². The van der Waals surface area contributed by atoms with Gasteiger partial charge in [-0.2, -0.15) is 0 Å². The summed E-state index contributed by atoms with van der Waals surface area (Å²) in [7, 11) is 0. The van der Waals surface area contributed by atoms with Crippen molar-refractivity contribution in [1.29, 1.82) is 0 Å². The van der Waals surface area contributed by atoms with Gasteiger partial charge in [-0.05, 0) is 43.7 Å². The SMILES string of the molecule is CC1CN(C(=O)Oc2ccc(C[C@H](NC(=O)c3ccccc3Cl)C(=O)O)cc2)CC(C)N1. The van der Waals surface area contributed by atoms with Gasteiger partial charge in [0.25, 0.3) is 5.91 Å². The summed E-state index contributed by atoms with van der Waals surface area (Å²) in [4.78, 5) is 38.2. The standard InChI is InChI=1S/C23H26ClN3O5/c1-14-12-27(13-15(2)25-14)23(31)32-17-9-7-16(8-10-17)11-20(22(29)30)26-21(28)18-5-3-4-6-19(18)24/h3-10,14-15,20,25H,11-13H2,1-2H3,(H,26,28)(H,29,30)/t14?,15?,20-/m0/s1. The topological polar surface area (TPSA) is 108 Å². The Morgan fingerprint density at radius 1 is 1.12 bits per heavy atom. The quantitative estimate of drug-likeness (QED) is 0.613. The lowest BCUT2D eigenvalue weighted by atomic mass is 10.1. The van der Waals surface area contributed by atoms with Gasteiger partial charge >= 0.3 is 12.1 Å². The van der Waals surface area contributed by atoms with Gasteiger partial charge in [0.1, 0.15) is 11.8 Å². The van der Waals surface area contributed by atoms with E-state index in [1.54, 1.807) is 47.4 Å². The summed E-state index contributed by atoms with van der Waals surface area (Å²) in [5.41, 5.74) is 0.875. The summed E-state index contributed by atoms with van der Waals surface area (Å²) >= 11 is 6.02. The minimum Gasteiger partial charge on any atom is -0.480 e. The van der Waals surface area contributed by atoms with E-state index in [2.05, 4.69) is 10.6 Å². The molecule has 3 rings (SSSR count). The first-order valence-corrected chi connectivity index (χ1v) is 10.7. The van der Waals surface area contributed by atoms with Crippen LogP contribution >= 0.6 is 11.6 Å². The van der Waals surface area contributed by atoms with E-state index in [0.29, 0.717) is 24.4 Å². The molecule has 3 atom stereocenters. The number of carbonyl (C=O) groups is 3. The maximum Gasteiger partial charge on any atom is 0.415 e. The second-order valence-electron chi connectivity index (χ2n) is 7.93. The van der Waals surface area contributed by atoms with E-state index >= 15 is 0 Å². The summed E-state index contributed by atoms with van der Waals surface area (Å²) in [5.74, 6) is -1.36. The molecule has 3 N–H and O–H groups in total. The third-order valence-corrected chi connectivity index (χ3v) is 5.44. The van der Waals surface area contributed by atoms with E-state index < -0.39 is 24.0 Å². The summed E-state index contributed by atoms with van der Waals surface area (Å²) in [5, 5.41) is 15.6. The number of aliphatic carboxylic acids is 1. The van der Waals surface area contributed by atoms with Crippen LogP contribution in [0.15, 0.2) is 48.5 Å². The molecule has 2 unspecified atom stereocenters. The molecule has 170 valence electrons. The Morgan fingerprint density at radius 3 is 2.34 bits per heavy atom. The molecule has 0 radical (unpaired) electrons. The van der Waals surface area contributed by atoms with E-state index in [1.165, 1.54) is 6.07 Å². The molecule has 1 aliphatic rings. The number of carbonyl (C=O) groups excluding carboxylic acids is 2. The van der Waals surface area contributed by atoms with Crippen LogP contribution in [0.5, 0.6) is 5.75 Å². The van der Waals surface area contributed by atoms with E-state index in [0.717, 1.165) is 0 Å².